The van der Waals surface area contributed by atoms with Crippen LogP contribution in [-0.4, -0.2) is 12.6 Å². The molecule has 1 heteroatoms. The van der Waals surface area contributed by atoms with E-state index in [1.165, 1.54) is 38.6 Å². The van der Waals surface area contributed by atoms with E-state index >= 15 is 0 Å². The summed E-state index contributed by atoms with van der Waals surface area (Å²) in [4.78, 5) is 0. The molecule has 0 radical (unpaired) electrons. The zero-order chi connectivity index (χ0) is 13.2. The Morgan fingerprint density at radius 1 is 1.21 bits per heavy atom. The van der Waals surface area contributed by atoms with Crippen molar-refractivity contribution >= 4 is 0 Å². The summed E-state index contributed by atoms with van der Waals surface area (Å²) in [6.07, 6.45) is 6.93. The molecule has 2 aliphatic carbocycles. The van der Waals surface area contributed by atoms with Gasteiger partial charge in [-0.25, -0.2) is 0 Å². The van der Waals surface area contributed by atoms with E-state index in [4.69, 9.17) is 0 Å². The zero-order valence-electron chi connectivity index (χ0n) is 12.4. The highest BCUT2D eigenvalue weighted by molar-refractivity contribution is 5.40. The first kappa shape index (κ1) is 13.2. The predicted octanol–water partition coefficient (Wildman–Crippen LogP) is 4.13. The molecule has 1 aromatic carbocycles. The van der Waals surface area contributed by atoms with Gasteiger partial charge in [0.2, 0.25) is 0 Å². The molecule has 104 valence electrons. The Labute approximate surface area is 117 Å². The third-order valence-electron chi connectivity index (χ3n) is 5.27. The maximum atomic E-state index is 3.85. The molecule has 0 spiro atoms. The number of rotatable bonds is 4. The molecule has 1 N–H and O–H groups in total. The fourth-order valence-electron chi connectivity index (χ4n) is 3.87. The molecule has 2 aliphatic rings. The van der Waals surface area contributed by atoms with Crippen molar-refractivity contribution in [3.05, 3.63) is 35.4 Å². The van der Waals surface area contributed by atoms with Crippen LogP contribution >= 0.6 is 0 Å². The number of nitrogens with one attached hydrogen (secondary N) is 1. The molecule has 1 fully saturated rings. The average Bonchev–Trinajstić information content (AvgIpc) is 2.40. The molecule has 0 aliphatic heterocycles. The minimum Gasteiger partial charge on any atom is -0.313 e. The van der Waals surface area contributed by atoms with Gasteiger partial charge in [0, 0.05) is 18.5 Å². The Balaban J connectivity index is 1.48. The third kappa shape index (κ3) is 2.86. The Hall–Kier alpha value is -0.820. The van der Waals surface area contributed by atoms with Gasteiger partial charge in [0.05, 0.1) is 0 Å². The van der Waals surface area contributed by atoms with Crippen molar-refractivity contribution < 1.29 is 0 Å². The number of hydrogen-bond acceptors (Lipinski definition) is 1. The molecule has 0 aromatic heterocycles. The van der Waals surface area contributed by atoms with Crippen LogP contribution in [0.25, 0.3) is 0 Å². The molecular weight excluding hydrogens is 230 g/mol. The highest BCUT2D eigenvalue weighted by Gasteiger charge is 2.28. The molecule has 3 rings (SSSR count). The maximum Gasteiger partial charge on any atom is 0.00700 e. The fourth-order valence-corrected chi connectivity index (χ4v) is 3.87. The molecule has 0 amide bonds. The van der Waals surface area contributed by atoms with Crippen LogP contribution in [0.15, 0.2) is 24.3 Å². The SMILES string of the molecule is CC(C)C1CCCC(NCC2Cc3ccccc32)C1. The van der Waals surface area contributed by atoms with Crippen LogP contribution in [0, 0.1) is 11.8 Å². The van der Waals surface area contributed by atoms with E-state index in [2.05, 4.69) is 43.4 Å². The van der Waals surface area contributed by atoms with Crippen molar-refractivity contribution in [2.45, 2.75) is 57.9 Å². The second-order valence-corrected chi connectivity index (χ2v) is 6.88. The minimum absolute atomic E-state index is 0.772. The molecule has 19 heavy (non-hydrogen) atoms. The second-order valence-electron chi connectivity index (χ2n) is 6.88. The van der Waals surface area contributed by atoms with Crippen LogP contribution in [0.1, 0.15) is 56.6 Å². The Bertz CT molecular complexity index is 423. The molecule has 0 saturated heterocycles. The van der Waals surface area contributed by atoms with Crippen molar-refractivity contribution in [3.8, 4) is 0 Å². The molecule has 3 unspecified atom stereocenters. The van der Waals surface area contributed by atoms with Gasteiger partial charge < -0.3 is 5.32 Å². The first-order valence-corrected chi connectivity index (χ1v) is 8.05. The maximum absolute atomic E-state index is 3.85. The number of hydrogen-bond donors (Lipinski definition) is 1. The van der Waals surface area contributed by atoms with Gasteiger partial charge in [-0.1, -0.05) is 51.0 Å². The van der Waals surface area contributed by atoms with E-state index < -0.39 is 0 Å². The largest absolute Gasteiger partial charge is 0.313 e. The van der Waals surface area contributed by atoms with Crippen LogP contribution in [-0.2, 0) is 6.42 Å². The summed E-state index contributed by atoms with van der Waals surface area (Å²) < 4.78 is 0. The highest BCUT2D eigenvalue weighted by Crippen LogP contribution is 2.35. The first-order chi connectivity index (χ1) is 9.24. The summed E-state index contributed by atoms with van der Waals surface area (Å²) in [5.41, 5.74) is 3.16. The van der Waals surface area contributed by atoms with Gasteiger partial charge in [-0.15, -0.1) is 0 Å². The summed E-state index contributed by atoms with van der Waals surface area (Å²) in [5.74, 6) is 2.57. The summed E-state index contributed by atoms with van der Waals surface area (Å²) >= 11 is 0. The van der Waals surface area contributed by atoms with Crippen LogP contribution in [0.4, 0.5) is 0 Å². The lowest BCUT2D eigenvalue weighted by molar-refractivity contribution is 0.229. The summed E-state index contributed by atoms with van der Waals surface area (Å²) in [5, 5.41) is 3.85. The zero-order valence-corrected chi connectivity index (χ0v) is 12.4. The van der Waals surface area contributed by atoms with Crippen molar-refractivity contribution in [3.63, 3.8) is 0 Å². The molecule has 1 nitrogen and oxygen atoms in total. The Morgan fingerprint density at radius 2 is 2.05 bits per heavy atom. The lowest BCUT2D eigenvalue weighted by Crippen LogP contribution is -2.39. The van der Waals surface area contributed by atoms with E-state index in [1.807, 2.05) is 0 Å². The average molecular weight is 257 g/mol. The van der Waals surface area contributed by atoms with E-state index in [0.717, 1.165) is 23.8 Å². The fraction of sp³-hybridized carbons (Fsp3) is 0.667. The predicted molar refractivity (Wildman–Crippen MR) is 81.5 cm³/mol. The van der Waals surface area contributed by atoms with Crippen LogP contribution in [0.3, 0.4) is 0 Å². The van der Waals surface area contributed by atoms with Gasteiger partial charge in [-0.2, -0.15) is 0 Å². The van der Waals surface area contributed by atoms with Crippen molar-refractivity contribution in [2.24, 2.45) is 11.8 Å². The lowest BCUT2D eigenvalue weighted by atomic mass is 9.76. The van der Waals surface area contributed by atoms with E-state index in [0.29, 0.717) is 0 Å². The second kappa shape index (κ2) is 5.66. The van der Waals surface area contributed by atoms with Gasteiger partial charge in [0.25, 0.3) is 0 Å². The van der Waals surface area contributed by atoms with E-state index in [9.17, 15) is 0 Å². The molecule has 0 bridgehead atoms. The third-order valence-corrected chi connectivity index (χ3v) is 5.27. The van der Waals surface area contributed by atoms with Gasteiger partial charge >= 0.3 is 0 Å². The topological polar surface area (TPSA) is 12.0 Å². The number of fused-ring (bicyclic) bond motifs is 1. The van der Waals surface area contributed by atoms with Crippen molar-refractivity contribution in [1.29, 1.82) is 0 Å². The van der Waals surface area contributed by atoms with Crippen LogP contribution in [0.2, 0.25) is 0 Å². The van der Waals surface area contributed by atoms with E-state index in [1.54, 1.807) is 11.1 Å². The Kier molecular flexibility index (Phi) is 3.93. The molecule has 1 saturated carbocycles. The van der Waals surface area contributed by atoms with E-state index in [-0.39, 0.29) is 0 Å². The van der Waals surface area contributed by atoms with Gasteiger partial charge in [0.1, 0.15) is 0 Å². The Morgan fingerprint density at radius 3 is 2.84 bits per heavy atom. The molecule has 3 atom stereocenters. The first-order valence-electron chi connectivity index (χ1n) is 8.05. The lowest BCUT2D eigenvalue weighted by Gasteiger charge is -2.35. The number of benzene rings is 1. The standard InChI is InChI=1S/C18H27N/c1-13(2)14-7-5-8-17(11-14)19-12-16-10-15-6-3-4-9-18(15)16/h3-4,6,9,13-14,16-17,19H,5,7-8,10-12H2,1-2H3. The smallest absolute Gasteiger partial charge is 0.00700 e. The summed E-state index contributed by atoms with van der Waals surface area (Å²) in [7, 11) is 0. The monoisotopic (exact) mass is 257 g/mol. The minimum atomic E-state index is 0.772. The molecule has 1 aromatic rings. The van der Waals surface area contributed by atoms with Crippen LogP contribution in [0.5, 0.6) is 0 Å². The van der Waals surface area contributed by atoms with Gasteiger partial charge in [-0.05, 0) is 42.2 Å². The van der Waals surface area contributed by atoms with Crippen molar-refractivity contribution in [2.75, 3.05) is 6.54 Å². The summed E-state index contributed by atoms with van der Waals surface area (Å²) in [6, 6.07) is 9.70. The quantitative estimate of drug-likeness (QED) is 0.855. The molecule has 0 heterocycles. The molecular formula is C18H27N. The summed E-state index contributed by atoms with van der Waals surface area (Å²) in [6.45, 7) is 5.96. The normalized spacial score (nSPS) is 29.9. The van der Waals surface area contributed by atoms with Gasteiger partial charge in [0.15, 0.2) is 0 Å². The van der Waals surface area contributed by atoms with Crippen molar-refractivity contribution in [1.82, 2.24) is 5.32 Å². The van der Waals surface area contributed by atoms with Gasteiger partial charge in [-0.3, -0.25) is 0 Å². The highest BCUT2D eigenvalue weighted by atomic mass is 14.9. The van der Waals surface area contributed by atoms with Crippen LogP contribution < -0.4 is 5.32 Å².